The van der Waals surface area contributed by atoms with Gasteiger partial charge in [-0.25, -0.2) is 4.79 Å². The van der Waals surface area contributed by atoms with Crippen LogP contribution in [0.5, 0.6) is 0 Å². The van der Waals surface area contributed by atoms with Gasteiger partial charge in [0.15, 0.2) is 0 Å². The van der Waals surface area contributed by atoms with Crippen LogP contribution in [-0.4, -0.2) is 56.2 Å². The molecular weight excluding hydrogens is 276 g/mol. The third-order valence-corrected chi connectivity index (χ3v) is 4.11. The summed E-state index contributed by atoms with van der Waals surface area (Å²) in [4.78, 5) is 37.1. The first-order chi connectivity index (χ1) is 10.1. The largest absolute Gasteiger partial charge is 0.382 e. The van der Waals surface area contributed by atoms with Gasteiger partial charge in [-0.1, -0.05) is 6.42 Å². The van der Waals surface area contributed by atoms with Crippen molar-refractivity contribution in [2.45, 2.75) is 32.1 Å². The van der Waals surface area contributed by atoms with E-state index in [0.717, 1.165) is 12.8 Å². The summed E-state index contributed by atoms with van der Waals surface area (Å²) in [5, 5.41) is 2.30. The van der Waals surface area contributed by atoms with Gasteiger partial charge in [0.05, 0.1) is 13.2 Å². The molecule has 0 atom stereocenters. The first-order valence-electron chi connectivity index (χ1n) is 7.36. The molecule has 0 aromatic rings. The molecule has 7 nitrogen and oxygen atoms in total. The summed E-state index contributed by atoms with van der Waals surface area (Å²) in [5.41, 5.74) is -0.969. The van der Waals surface area contributed by atoms with E-state index in [1.807, 2.05) is 0 Å². The van der Waals surface area contributed by atoms with Crippen LogP contribution in [0.4, 0.5) is 4.79 Å². The number of rotatable bonds is 8. The van der Waals surface area contributed by atoms with E-state index in [2.05, 4.69) is 5.32 Å². The number of imide groups is 2. The first-order valence-corrected chi connectivity index (χ1v) is 7.36. The number of hydrogen-bond acceptors (Lipinski definition) is 5. The van der Waals surface area contributed by atoms with E-state index in [1.54, 1.807) is 7.11 Å². The molecule has 21 heavy (non-hydrogen) atoms. The Morgan fingerprint density at radius 3 is 2.52 bits per heavy atom. The van der Waals surface area contributed by atoms with Crippen LogP contribution < -0.4 is 5.32 Å². The van der Waals surface area contributed by atoms with Crippen molar-refractivity contribution >= 4 is 17.8 Å². The van der Waals surface area contributed by atoms with Crippen LogP contribution in [-0.2, 0) is 19.1 Å². The molecule has 1 aliphatic heterocycles. The molecule has 0 aromatic carbocycles. The number of barbiturate groups is 1. The Labute approximate surface area is 123 Å². The van der Waals surface area contributed by atoms with E-state index in [-0.39, 0.29) is 5.91 Å². The van der Waals surface area contributed by atoms with Gasteiger partial charge in [-0.2, -0.15) is 0 Å². The number of nitrogens with one attached hydrogen (secondary N) is 1. The summed E-state index contributed by atoms with van der Waals surface area (Å²) in [5.74, 6) is -0.759. The lowest BCUT2D eigenvalue weighted by Crippen LogP contribution is -2.66. The van der Waals surface area contributed by atoms with Crippen LogP contribution in [0.2, 0.25) is 0 Å². The summed E-state index contributed by atoms with van der Waals surface area (Å²) in [6.45, 7) is 1.99. The molecule has 4 amide bonds. The summed E-state index contributed by atoms with van der Waals surface area (Å²) in [7, 11) is 1.61. The molecule has 0 radical (unpaired) electrons. The molecule has 1 spiro atoms. The number of amides is 4. The van der Waals surface area contributed by atoms with Crippen LogP contribution in [0, 0.1) is 5.41 Å². The van der Waals surface area contributed by atoms with Crippen LogP contribution in [0.15, 0.2) is 0 Å². The van der Waals surface area contributed by atoms with Crippen molar-refractivity contribution in [3.05, 3.63) is 0 Å². The van der Waals surface area contributed by atoms with E-state index < -0.39 is 17.4 Å². The minimum atomic E-state index is -0.969. The highest BCUT2D eigenvalue weighted by molar-refractivity contribution is 6.19. The van der Waals surface area contributed by atoms with Gasteiger partial charge in [0.2, 0.25) is 11.8 Å². The Morgan fingerprint density at radius 2 is 1.90 bits per heavy atom. The SMILES string of the molecule is COCCOCCCCN1C(=O)NC(=O)C2(CCC2)C1=O. The van der Waals surface area contributed by atoms with E-state index in [1.165, 1.54) is 4.90 Å². The fraction of sp³-hybridized carbons (Fsp3) is 0.786. The smallest absolute Gasteiger partial charge is 0.330 e. The number of carbonyl (C=O) groups excluding carboxylic acids is 3. The highest BCUT2D eigenvalue weighted by Crippen LogP contribution is 2.44. The predicted octanol–water partition coefficient (Wildman–Crippen LogP) is 0.678. The maximum atomic E-state index is 12.4. The van der Waals surface area contributed by atoms with E-state index >= 15 is 0 Å². The van der Waals surface area contributed by atoms with Gasteiger partial charge in [-0.15, -0.1) is 0 Å². The van der Waals surface area contributed by atoms with E-state index in [4.69, 9.17) is 9.47 Å². The summed E-state index contributed by atoms with van der Waals surface area (Å²) < 4.78 is 10.2. The minimum absolute atomic E-state index is 0.327. The average Bonchev–Trinajstić information content (AvgIpc) is 2.39. The molecule has 1 heterocycles. The topological polar surface area (TPSA) is 84.9 Å². The summed E-state index contributed by atoms with van der Waals surface area (Å²) >= 11 is 0. The molecule has 7 heteroatoms. The average molecular weight is 298 g/mol. The van der Waals surface area contributed by atoms with Crippen molar-refractivity contribution in [2.24, 2.45) is 5.41 Å². The zero-order chi connectivity index (χ0) is 15.3. The second-order valence-electron chi connectivity index (χ2n) is 5.46. The minimum Gasteiger partial charge on any atom is -0.382 e. The van der Waals surface area contributed by atoms with Gasteiger partial charge in [0.25, 0.3) is 0 Å². The van der Waals surface area contributed by atoms with E-state index in [0.29, 0.717) is 45.6 Å². The fourth-order valence-electron chi connectivity index (χ4n) is 2.62. The molecule has 2 fully saturated rings. The lowest BCUT2D eigenvalue weighted by atomic mass is 9.66. The highest BCUT2D eigenvalue weighted by atomic mass is 16.5. The molecular formula is C14H22N2O5. The first kappa shape index (κ1) is 15.9. The molecule has 2 rings (SSSR count). The fourth-order valence-corrected chi connectivity index (χ4v) is 2.62. The Bertz CT molecular complexity index is 420. The lowest BCUT2D eigenvalue weighted by molar-refractivity contribution is -0.157. The molecule has 0 unspecified atom stereocenters. The van der Waals surface area contributed by atoms with E-state index in [9.17, 15) is 14.4 Å². The van der Waals surface area contributed by atoms with Crippen LogP contribution in [0.25, 0.3) is 0 Å². The van der Waals surface area contributed by atoms with Gasteiger partial charge in [-0.05, 0) is 25.7 Å². The third-order valence-electron chi connectivity index (χ3n) is 4.11. The maximum Gasteiger partial charge on any atom is 0.330 e. The number of methoxy groups -OCH3 is 1. The number of carbonyl (C=O) groups is 3. The summed E-state index contributed by atoms with van der Waals surface area (Å²) in [6.07, 6.45) is 3.36. The summed E-state index contributed by atoms with van der Waals surface area (Å²) in [6, 6.07) is -0.595. The zero-order valence-corrected chi connectivity index (χ0v) is 12.4. The Kier molecular flexibility index (Phi) is 5.30. The maximum absolute atomic E-state index is 12.4. The molecule has 0 aromatic heterocycles. The Hall–Kier alpha value is -1.47. The predicted molar refractivity (Wildman–Crippen MR) is 73.5 cm³/mol. The molecule has 1 saturated carbocycles. The van der Waals surface area contributed by atoms with Gasteiger partial charge in [-0.3, -0.25) is 19.8 Å². The highest BCUT2D eigenvalue weighted by Gasteiger charge is 2.57. The monoisotopic (exact) mass is 298 g/mol. The normalized spacial score (nSPS) is 20.6. The van der Waals surface area contributed by atoms with Crippen molar-refractivity contribution in [3.8, 4) is 0 Å². The van der Waals surface area contributed by atoms with Crippen molar-refractivity contribution in [3.63, 3.8) is 0 Å². The van der Waals surface area contributed by atoms with Crippen LogP contribution in [0.3, 0.4) is 0 Å². The standard InChI is InChI=1S/C14H22N2O5/c1-20-9-10-21-8-3-2-7-16-12(18)14(5-4-6-14)11(17)15-13(16)19/h2-10H2,1H3,(H,15,17,19). The molecule has 1 saturated heterocycles. The molecule has 2 aliphatic rings. The number of urea groups is 1. The van der Waals surface area contributed by atoms with Gasteiger partial charge in [0, 0.05) is 20.3 Å². The number of hydrogen-bond donors (Lipinski definition) is 1. The quantitative estimate of drug-likeness (QED) is 0.526. The van der Waals surface area contributed by atoms with Crippen molar-refractivity contribution in [1.82, 2.24) is 10.2 Å². The number of nitrogens with zero attached hydrogens (tertiary/aromatic N) is 1. The van der Waals surface area contributed by atoms with Crippen molar-refractivity contribution in [1.29, 1.82) is 0 Å². The third kappa shape index (κ3) is 3.24. The van der Waals surface area contributed by atoms with Gasteiger partial charge in [0.1, 0.15) is 5.41 Å². The molecule has 118 valence electrons. The number of ether oxygens (including phenoxy) is 2. The van der Waals surface area contributed by atoms with Crippen LogP contribution >= 0.6 is 0 Å². The van der Waals surface area contributed by atoms with Crippen molar-refractivity contribution in [2.75, 3.05) is 33.5 Å². The van der Waals surface area contributed by atoms with Gasteiger partial charge < -0.3 is 9.47 Å². The number of unbranched alkanes of at least 4 members (excludes halogenated alkanes) is 1. The van der Waals surface area contributed by atoms with Gasteiger partial charge >= 0.3 is 6.03 Å². The van der Waals surface area contributed by atoms with Crippen LogP contribution in [0.1, 0.15) is 32.1 Å². The zero-order valence-electron chi connectivity index (χ0n) is 12.4. The molecule has 1 N–H and O–H groups in total. The Morgan fingerprint density at radius 1 is 1.14 bits per heavy atom. The molecule has 1 aliphatic carbocycles. The second-order valence-corrected chi connectivity index (χ2v) is 5.46. The second kappa shape index (κ2) is 7.00. The van der Waals surface area contributed by atoms with Crippen molar-refractivity contribution < 1.29 is 23.9 Å². The lowest BCUT2D eigenvalue weighted by Gasteiger charge is -2.44. The molecule has 0 bridgehead atoms. The Balaban J connectivity index is 1.75.